The predicted molar refractivity (Wildman–Crippen MR) is 80.7 cm³/mol. The van der Waals surface area contributed by atoms with Gasteiger partial charge in [-0.1, -0.05) is 23.2 Å². The number of imidazole rings is 1. The van der Waals surface area contributed by atoms with Crippen LogP contribution in [0.1, 0.15) is 29.2 Å². The van der Waals surface area contributed by atoms with Crippen LogP contribution in [0.15, 0.2) is 24.8 Å². The molecule has 7 heteroatoms. The lowest BCUT2D eigenvalue weighted by Crippen LogP contribution is -2.40. The topological polar surface area (TPSA) is 38.1 Å². The third kappa shape index (κ3) is 2.71. The number of amides is 1. The van der Waals surface area contributed by atoms with Crippen molar-refractivity contribution >= 4 is 40.4 Å². The summed E-state index contributed by atoms with van der Waals surface area (Å²) in [7, 11) is 0. The number of halogens is 2. The number of piperidine rings is 1. The fourth-order valence-electron chi connectivity index (χ4n) is 2.52. The number of rotatable bonds is 2. The van der Waals surface area contributed by atoms with E-state index >= 15 is 0 Å². The number of nitrogens with zero attached hydrogens (tertiary/aromatic N) is 3. The standard InChI is InChI=1S/C13H13Cl2N3OS/c14-11-6-10(12(15)20-11)13(19)17-4-1-2-9(7-17)18-5-3-16-8-18/h3,5-6,8-9H,1-2,4,7H2/t9-/m0/s1. The molecule has 1 aliphatic rings. The first-order valence-electron chi connectivity index (χ1n) is 6.36. The molecule has 4 nitrogen and oxygen atoms in total. The van der Waals surface area contributed by atoms with Crippen molar-refractivity contribution in [3.05, 3.63) is 39.0 Å². The smallest absolute Gasteiger partial charge is 0.256 e. The maximum absolute atomic E-state index is 12.5. The summed E-state index contributed by atoms with van der Waals surface area (Å²) in [5.74, 6) is -0.0389. The van der Waals surface area contributed by atoms with Crippen LogP contribution in [0, 0.1) is 0 Å². The van der Waals surface area contributed by atoms with Gasteiger partial charge in [0.25, 0.3) is 5.91 Å². The Morgan fingerprint density at radius 1 is 1.45 bits per heavy atom. The summed E-state index contributed by atoms with van der Waals surface area (Å²) in [4.78, 5) is 18.4. The first kappa shape index (κ1) is 13.9. The molecule has 1 saturated heterocycles. The van der Waals surface area contributed by atoms with Crippen molar-refractivity contribution in [2.45, 2.75) is 18.9 Å². The molecule has 0 bridgehead atoms. The quantitative estimate of drug-likeness (QED) is 0.841. The molecule has 0 spiro atoms. The molecule has 0 saturated carbocycles. The van der Waals surface area contributed by atoms with Gasteiger partial charge in [0.15, 0.2) is 0 Å². The largest absolute Gasteiger partial charge is 0.336 e. The summed E-state index contributed by atoms with van der Waals surface area (Å²) in [5.41, 5.74) is 0.507. The average molecular weight is 330 g/mol. The minimum Gasteiger partial charge on any atom is -0.336 e. The summed E-state index contributed by atoms with van der Waals surface area (Å²) in [6.45, 7) is 1.44. The number of hydrogen-bond acceptors (Lipinski definition) is 3. The van der Waals surface area contributed by atoms with Crippen molar-refractivity contribution in [3.63, 3.8) is 0 Å². The van der Waals surface area contributed by atoms with Crippen LogP contribution in [0.25, 0.3) is 0 Å². The van der Waals surface area contributed by atoms with Gasteiger partial charge in [-0.05, 0) is 18.9 Å². The summed E-state index contributed by atoms with van der Waals surface area (Å²) >= 11 is 13.2. The van der Waals surface area contributed by atoms with Crippen LogP contribution in [-0.4, -0.2) is 33.4 Å². The summed E-state index contributed by atoms with van der Waals surface area (Å²) in [6, 6.07) is 1.93. The lowest BCUT2D eigenvalue weighted by atomic mass is 10.0. The summed E-state index contributed by atoms with van der Waals surface area (Å²) < 4.78 is 3.06. The van der Waals surface area contributed by atoms with Gasteiger partial charge in [-0.15, -0.1) is 11.3 Å². The van der Waals surface area contributed by atoms with Gasteiger partial charge >= 0.3 is 0 Å². The number of carbonyl (C=O) groups excluding carboxylic acids is 1. The summed E-state index contributed by atoms with van der Waals surface area (Å²) in [5, 5.41) is 0. The van der Waals surface area contributed by atoms with Gasteiger partial charge in [-0.2, -0.15) is 0 Å². The van der Waals surface area contributed by atoms with Gasteiger partial charge in [-0.3, -0.25) is 4.79 Å². The highest BCUT2D eigenvalue weighted by molar-refractivity contribution is 7.20. The first-order valence-corrected chi connectivity index (χ1v) is 7.94. The molecular weight excluding hydrogens is 317 g/mol. The normalized spacial score (nSPS) is 19.3. The van der Waals surface area contributed by atoms with Gasteiger partial charge < -0.3 is 9.47 Å². The Morgan fingerprint density at radius 3 is 2.95 bits per heavy atom. The van der Waals surface area contributed by atoms with Gasteiger partial charge in [0.2, 0.25) is 0 Å². The van der Waals surface area contributed by atoms with E-state index in [-0.39, 0.29) is 11.9 Å². The molecule has 1 fully saturated rings. The number of likely N-dealkylation sites (tertiary alicyclic amines) is 1. The Hall–Kier alpha value is -1.04. The molecule has 3 rings (SSSR count). The zero-order valence-electron chi connectivity index (χ0n) is 10.6. The molecule has 0 radical (unpaired) electrons. The Kier molecular flexibility index (Phi) is 4.01. The van der Waals surface area contributed by atoms with Crippen LogP contribution >= 0.6 is 34.5 Å². The SMILES string of the molecule is O=C(c1cc(Cl)sc1Cl)N1CCC[C@H](n2ccnc2)C1. The molecule has 1 atom stereocenters. The highest BCUT2D eigenvalue weighted by Gasteiger charge is 2.27. The minimum absolute atomic E-state index is 0.0389. The van der Waals surface area contributed by atoms with E-state index in [4.69, 9.17) is 23.2 Å². The van der Waals surface area contributed by atoms with Crippen molar-refractivity contribution in [2.75, 3.05) is 13.1 Å². The molecule has 2 aromatic rings. The predicted octanol–water partition coefficient (Wildman–Crippen LogP) is 3.73. The molecule has 1 aliphatic heterocycles. The molecular formula is C13H13Cl2N3OS. The average Bonchev–Trinajstić information content (AvgIpc) is 3.08. The Labute approximate surface area is 130 Å². The molecule has 0 N–H and O–H groups in total. The first-order chi connectivity index (χ1) is 9.65. The number of thiophene rings is 1. The van der Waals surface area contributed by atoms with E-state index in [1.54, 1.807) is 18.6 Å². The van der Waals surface area contributed by atoms with E-state index in [1.807, 2.05) is 11.1 Å². The maximum Gasteiger partial charge on any atom is 0.256 e. The molecule has 1 amide bonds. The van der Waals surface area contributed by atoms with Crippen molar-refractivity contribution < 1.29 is 4.79 Å². The fourth-order valence-corrected chi connectivity index (χ4v) is 3.97. The van der Waals surface area contributed by atoms with Gasteiger partial charge in [0.1, 0.15) is 4.34 Å². The lowest BCUT2D eigenvalue weighted by molar-refractivity contribution is 0.0680. The van der Waals surface area contributed by atoms with Crippen molar-refractivity contribution in [2.24, 2.45) is 0 Å². The van der Waals surface area contributed by atoms with E-state index in [0.717, 1.165) is 19.4 Å². The van der Waals surface area contributed by atoms with E-state index in [1.165, 1.54) is 11.3 Å². The monoisotopic (exact) mass is 329 g/mol. The zero-order chi connectivity index (χ0) is 14.1. The van der Waals surface area contributed by atoms with Crippen LogP contribution in [-0.2, 0) is 0 Å². The molecule has 3 heterocycles. The second-order valence-corrected chi connectivity index (χ2v) is 7.08. The number of hydrogen-bond donors (Lipinski definition) is 0. The van der Waals surface area contributed by atoms with E-state index in [2.05, 4.69) is 9.55 Å². The highest BCUT2D eigenvalue weighted by atomic mass is 35.5. The van der Waals surface area contributed by atoms with Crippen LogP contribution in [0.4, 0.5) is 0 Å². The maximum atomic E-state index is 12.5. The molecule has 0 unspecified atom stereocenters. The molecule has 0 aromatic carbocycles. The molecule has 106 valence electrons. The number of carbonyl (C=O) groups is 1. The van der Waals surface area contributed by atoms with E-state index < -0.39 is 0 Å². The van der Waals surface area contributed by atoms with Crippen LogP contribution in [0.2, 0.25) is 8.67 Å². The Morgan fingerprint density at radius 2 is 2.30 bits per heavy atom. The lowest BCUT2D eigenvalue weighted by Gasteiger charge is -2.33. The summed E-state index contributed by atoms with van der Waals surface area (Å²) in [6.07, 6.45) is 7.53. The molecule has 20 heavy (non-hydrogen) atoms. The molecule has 2 aromatic heterocycles. The van der Waals surface area contributed by atoms with Crippen LogP contribution in [0.3, 0.4) is 0 Å². The third-order valence-corrected chi connectivity index (χ3v) is 5.00. The van der Waals surface area contributed by atoms with Gasteiger partial charge in [0, 0.05) is 25.5 Å². The molecule has 0 aliphatic carbocycles. The Bertz CT molecular complexity index is 611. The van der Waals surface area contributed by atoms with Crippen LogP contribution < -0.4 is 0 Å². The second kappa shape index (κ2) is 5.76. The van der Waals surface area contributed by atoms with E-state index in [0.29, 0.717) is 20.8 Å². The van der Waals surface area contributed by atoms with Crippen molar-refractivity contribution in [1.82, 2.24) is 14.5 Å². The van der Waals surface area contributed by atoms with E-state index in [9.17, 15) is 4.79 Å². The van der Waals surface area contributed by atoms with Crippen LogP contribution in [0.5, 0.6) is 0 Å². The highest BCUT2D eigenvalue weighted by Crippen LogP contribution is 2.33. The second-order valence-electron chi connectivity index (χ2n) is 4.80. The Balaban J connectivity index is 1.77. The van der Waals surface area contributed by atoms with Crippen molar-refractivity contribution in [1.29, 1.82) is 0 Å². The number of aromatic nitrogens is 2. The fraction of sp³-hybridized carbons (Fsp3) is 0.385. The minimum atomic E-state index is -0.0389. The zero-order valence-corrected chi connectivity index (χ0v) is 13.0. The van der Waals surface area contributed by atoms with Crippen molar-refractivity contribution in [3.8, 4) is 0 Å². The third-order valence-electron chi connectivity index (χ3n) is 3.52. The van der Waals surface area contributed by atoms with Gasteiger partial charge in [-0.25, -0.2) is 4.98 Å². The van der Waals surface area contributed by atoms with Gasteiger partial charge in [0.05, 0.1) is 22.3 Å².